The van der Waals surface area contributed by atoms with E-state index >= 15 is 0 Å². The Kier molecular flexibility index (Phi) is 5.03. The Morgan fingerprint density at radius 3 is 1.50 bits per heavy atom. The van der Waals surface area contributed by atoms with Gasteiger partial charge in [0.2, 0.25) is 0 Å². The number of aromatic nitrogens is 2. The highest BCUT2D eigenvalue weighted by molar-refractivity contribution is 5.98. The summed E-state index contributed by atoms with van der Waals surface area (Å²) in [5.74, 6) is 1.52. The molecule has 2 aromatic heterocycles. The molecular formula is C20H18N2O4. The number of aromatic amines is 2. The van der Waals surface area contributed by atoms with Gasteiger partial charge >= 0.3 is 0 Å². The van der Waals surface area contributed by atoms with Crippen molar-refractivity contribution in [2.45, 2.75) is 0 Å². The Hall–Kier alpha value is -3.54. The van der Waals surface area contributed by atoms with Crippen molar-refractivity contribution in [2.75, 3.05) is 14.2 Å². The summed E-state index contributed by atoms with van der Waals surface area (Å²) in [6.45, 7) is 0. The molecule has 0 aliphatic heterocycles. The highest BCUT2D eigenvalue weighted by Gasteiger charge is 2.03. The smallest absolute Gasteiger partial charge is 0.152 e. The zero-order valence-corrected chi connectivity index (χ0v) is 14.4. The number of carbonyl (C=O) groups is 2. The van der Waals surface area contributed by atoms with Gasteiger partial charge in [0, 0.05) is 45.3 Å². The highest BCUT2D eigenvalue weighted by Crippen LogP contribution is 2.23. The third kappa shape index (κ3) is 3.30. The number of H-pyrrole nitrogens is 2. The Balaban J connectivity index is 0.000000151. The van der Waals surface area contributed by atoms with Gasteiger partial charge in [-0.2, -0.15) is 0 Å². The Morgan fingerprint density at radius 2 is 1.15 bits per heavy atom. The summed E-state index contributed by atoms with van der Waals surface area (Å²) in [5, 5.41) is 1.80. The minimum Gasteiger partial charge on any atom is -0.497 e. The molecule has 0 aliphatic rings. The molecule has 2 heterocycles. The fourth-order valence-corrected chi connectivity index (χ4v) is 2.69. The third-order valence-electron chi connectivity index (χ3n) is 4.10. The normalized spacial score (nSPS) is 10.2. The number of benzene rings is 2. The van der Waals surface area contributed by atoms with Gasteiger partial charge in [-0.15, -0.1) is 0 Å². The van der Waals surface area contributed by atoms with Crippen molar-refractivity contribution in [1.82, 2.24) is 9.97 Å². The van der Waals surface area contributed by atoms with Crippen molar-refractivity contribution in [3.05, 3.63) is 59.9 Å². The molecule has 6 heteroatoms. The van der Waals surface area contributed by atoms with Crippen LogP contribution in [0.1, 0.15) is 20.7 Å². The second-order valence-electron chi connectivity index (χ2n) is 5.55. The van der Waals surface area contributed by atoms with E-state index in [2.05, 4.69) is 9.97 Å². The Labute approximate surface area is 149 Å². The lowest BCUT2D eigenvalue weighted by Crippen LogP contribution is -1.82. The summed E-state index contributed by atoms with van der Waals surface area (Å²) in [6.07, 6.45) is 5.05. The zero-order chi connectivity index (χ0) is 18.5. The zero-order valence-electron chi connectivity index (χ0n) is 14.4. The lowest BCUT2D eigenvalue weighted by atomic mass is 10.2. The highest BCUT2D eigenvalue weighted by atomic mass is 16.5. The summed E-state index contributed by atoms with van der Waals surface area (Å²) >= 11 is 0. The maximum Gasteiger partial charge on any atom is 0.152 e. The minimum atomic E-state index is 0.661. The van der Waals surface area contributed by atoms with Gasteiger partial charge in [0.1, 0.15) is 11.5 Å². The van der Waals surface area contributed by atoms with Crippen molar-refractivity contribution in [3.63, 3.8) is 0 Å². The van der Waals surface area contributed by atoms with Crippen molar-refractivity contribution in [2.24, 2.45) is 0 Å². The third-order valence-corrected chi connectivity index (χ3v) is 4.10. The SMILES string of the molecule is COc1ccc2[nH]cc(C=O)c2c1.COc1ccc2[nH]cc(C=O)c2c1. The number of fused-ring (bicyclic) bond motifs is 2. The van der Waals surface area contributed by atoms with Gasteiger partial charge in [0.05, 0.1) is 14.2 Å². The van der Waals surface area contributed by atoms with E-state index in [1.807, 2.05) is 36.4 Å². The molecule has 0 spiro atoms. The van der Waals surface area contributed by atoms with Gasteiger partial charge in [0.25, 0.3) is 0 Å². The predicted octanol–water partition coefficient (Wildman–Crippen LogP) is 3.98. The van der Waals surface area contributed by atoms with Crippen LogP contribution in [0.15, 0.2) is 48.8 Å². The first-order chi connectivity index (χ1) is 12.7. The van der Waals surface area contributed by atoms with Crippen molar-refractivity contribution in [3.8, 4) is 11.5 Å². The lowest BCUT2D eigenvalue weighted by Gasteiger charge is -1.98. The molecule has 4 rings (SSSR count). The molecule has 0 saturated carbocycles. The number of nitrogens with one attached hydrogen (secondary N) is 2. The van der Waals surface area contributed by atoms with E-state index in [9.17, 15) is 9.59 Å². The van der Waals surface area contributed by atoms with E-state index in [1.54, 1.807) is 26.6 Å². The molecule has 0 aliphatic carbocycles. The molecule has 6 nitrogen and oxygen atoms in total. The first kappa shape index (κ1) is 17.3. The second kappa shape index (κ2) is 7.57. The topological polar surface area (TPSA) is 84.2 Å². The summed E-state index contributed by atoms with van der Waals surface area (Å²) in [4.78, 5) is 27.2. The van der Waals surface area contributed by atoms with Gasteiger partial charge in [-0.1, -0.05) is 0 Å². The second-order valence-corrected chi connectivity index (χ2v) is 5.55. The van der Waals surface area contributed by atoms with Gasteiger partial charge in [-0.05, 0) is 36.4 Å². The van der Waals surface area contributed by atoms with Crippen molar-refractivity contribution in [1.29, 1.82) is 0 Å². The molecule has 2 N–H and O–H groups in total. The molecule has 0 bridgehead atoms. The largest absolute Gasteiger partial charge is 0.497 e. The van der Waals surface area contributed by atoms with E-state index in [4.69, 9.17) is 9.47 Å². The van der Waals surface area contributed by atoms with E-state index in [0.717, 1.165) is 45.9 Å². The summed E-state index contributed by atoms with van der Waals surface area (Å²) in [5.41, 5.74) is 3.22. The van der Waals surface area contributed by atoms with Gasteiger partial charge in [-0.3, -0.25) is 9.59 Å². The summed E-state index contributed by atoms with van der Waals surface area (Å²) in [6, 6.07) is 11.2. The van der Waals surface area contributed by atoms with Crippen molar-refractivity contribution >= 4 is 34.4 Å². The molecule has 2 aromatic carbocycles. The number of hydrogen-bond donors (Lipinski definition) is 2. The monoisotopic (exact) mass is 350 g/mol. The standard InChI is InChI=1S/2C10H9NO2/c2*1-13-8-2-3-10-9(4-8)7(6-12)5-11-10/h2*2-6,11H,1H3. The molecule has 0 saturated heterocycles. The molecule has 26 heavy (non-hydrogen) atoms. The van der Waals surface area contributed by atoms with Crippen LogP contribution >= 0.6 is 0 Å². The maximum atomic E-state index is 10.6. The fraction of sp³-hybridized carbons (Fsp3) is 0.100. The average Bonchev–Trinajstić information content (AvgIpc) is 3.30. The number of methoxy groups -OCH3 is 2. The van der Waals surface area contributed by atoms with Crippen molar-refractivity contribution < 1.29 is 19.1 Å². The van der Waals surface area contributed by atoms with Crippen LogP contribution in [0.5, 0.6) is 11.5 Å². The number of aldehydes is 2. The minimum absolute atomic E-state index is 0.661. The number of hydrogen-bond acceptors (Lipinski definition) is 4. The fourth-order valence-electron chi connectivity index (χ4n) is 2.69. The van der Waals surface area contributed by atoms with Crippen LogP contribution in [0.4, 0.5) is 0 Å². The maximum absolute atomic E-state index is 10.6. The Morgan fingerprint density at radius 1 is 0.731 bits per heavy atom. The molecule has 0 unspecified atom stereocenters. The van der Waals surface area contributed by atoms with Crippen LogP contribution in [-0.2, 0) is 0 Å². The molecule has 4 aromatic rings. The van der Waals surface area contributed by atoms with Gasteiger partial charge < -0.3 is 19.4 Å². The summed E-state index contributed by atoms with van der Waals surface area (Å²) in [7, 11) is 3.21. The van der Waals surface area contributed by atoms with Gasteiger partial charge in [0.15, 0.2) is 12.6 Å². The molecule has 0 atom stereocenters. The van der Waals surface area contributed by atoms with Crippen LogP contribution in [0.25, 0.3) is 21.8 Å². The van der Waals surface area contributed by atoms with Gasteiger partial charge in [-0.25, -0.2) is 0 Å². The van der Waals surface area contributed by atoms with E-state index in [0.29, 0.717) is 11.1 Å². The number of ether oxygens (including phenoxy) is 2. The van der Waals surface area contributed by atoms with Crippen LogP contribution in [-0.4, -0.2) is 36.8 Å². The predicted molar refractivity (Wildman–Crippen MR) is 100 cm³/mol. The molecular weight excluding hydrogens is 332 g/mol. The molecule has 0 radical (unpaired) electrons. The number of rotatable bonds is 4. The van der Waals surface area contributed by atoms with E-state index in [1.165, 1.54) is 0 Å². The number of carbonyl (C=O) groups excluding carboxylic acids is 2. The van der Waals surface area contributed by atoms with Crippen LogP contribution in [0.2, 0.25) is 0 Å². The van der Waals surface area contributed by atoms with Crippen LogP contribution < -0.4 is 9.47 Å². The molecule has 0 fully saturated rings. The van der Waals surface area contributed by atoms with Crippen LogP contribution in [0, 0.1) is 0 Å². The van der Waals surface area contributed by atoms with Crippen LogP contribution in [0.3, 0.4) is 0 Å². The summed E-state index contributed by atoms with van der Waals surface area (Å²) < 4.78 is 10.1. The first-order valence-electron chi connectivity index (χ1n) is 7.90. The van der Waals surface area contributed by atoms with E-state index in [-0.39, 0.29) is 0 Å². The molecule has 132 valence electrons. The quantitative estimate of drug-likeness (QED) is 0.545. The lowest BCUT2D eigenvalue weighted by molar-refractivity contribution is 0.111. The molecule has 0 amide bonds. The average molecular weight is 350 g/mol. The Bertz CT molecular complexity index is 976. The first-order valence-corrected chi connectivity index (χ1v) is 7.90. The van der Waals surface area contributed by atoms with E-state index < -0.39 is 0 Å².